The zero-order valence-electron chi connectivity index (χ0n) is 22.8. The molecule has 4 aromatic rings. The van der Waals surface area contributed by atoms with Crippen molar-refractivity contribution in [3.05, 3.63) is 107 Å². The Hall–Kier alpha value is -1.70. The zero-order valence-corrected chi connectivity index (χ0v) is 28.2. The number of rotatable bonds is 5. The molecular weight excluding hydrogens is 599 g/mol. The number of halogens is 2. The summed E-state index contributed by atoms with van der Waals surface area (Å²) in [4.78, 5) is 0. The fraction of sp³-hybridized carbons (Fsp3) is 0.235. The van der Waals surface area contributed by atoms with Crippen molar-refractivity contribution in [2.24, 2.45) is 0 Å². The Bertz CT molecular complexity index is 1600. The van der Waals surface area contributed by atoms with E-state index in [-0.39, 0.29) is 3.63 Å². The Kier molecular flexibility index (Phi) is 7.01. The molecule has 6 rings (SSSR count). The van der Waals surface area contributed by atoms with E-state index in [1.807, 2.05) is 0 Å². The summed E-state index contributed by atoms with van der Waals surface area (Å²) in [6.07, 6.45) is 2.41. The van der Waals surface area contributed by atoms with E-state index in [2.05, 4.69) is 120 Å². The molecule has 0 N–H and O–H groups in total. The molecule has 0 fully saturated rings. The van der Waals surface area contributed by atoms with E-state index >= 15 is 0 Å². The molecule has 0 saturated heterocycles. The molecule has 0 amide bonds. The van der Waals surface area contributed by atoms with Gasteiger partial charge in [0.1, 0.15) is 0 Å². The van der Waals surface area contributed by atoms with Gasteiger partial charge in [-0.1, -0.05) is 0 Å². The molecule has 1 heterocycles. The van der Waals surface area contributed by atoms with Gasteiger partial charge >= 0.3 is 243 Å². The summed E-state index contributed by atoms with van der Waals surface area (Å²) in [5.41, 5.74) is 12.3. The molecule has 0 saturated carbocycles. The van der Waals surface area contributed by atoms with Crippen molar-refractivity contribution < 1.29 is 17.9 Å². The molecule has 0 nitrogen and oxygen atoms in total. The predicted molar refractivity (Wildman–Crippen MR) is 167 cm³/mol. The van der Waals surface area contributed by atoms with Crippen LogP contribution in [0.25, 0.3) is 28.3 Å². The van der Waals surface area contributed by atoms with Gasteiger partial charge in [-0.3, -0.25) is 0 Å². The second kappa shape index (κ2) is 10.0. The minimum atomic E-state index is -3.92. The van der Waals surface area contributed by atoms with E-state index in [4.69, 9.17) is 17.0 Å². The standard InChI is InChI=1S/C22H25.C12H9Si.2ClH.Zr/c1-14(2)18-8-6-7-9-20(18)22-19(15(3)4)11-10-17-12-16(5)13-21(17)22;1-3-7-11-9(5-1)10-6-2-4-8-12(10)13-11;;;/h6-15H,1-5H3;1-7H,13H2;2*1H;/q;;;;+2/p-2. The van der Waals surface area contributed by atoms with Crippen LogP contribution in [0.1, 0.15) is 72.3 Å². The van der Waals surface area contributed by atoms with Crippen molar-refractivity contribution in [3.8, 4) is 22.3 Å². The van der Waals surface area contributed by atoms with E-state index in [9.17, 15) is 0 Å². The van der Waals surface area contributed by atoms with Crippen LogP contribution in [0, 0.1) is 0 Å². The van der Waals surface area contributed by atoms with Crippen LogP contribution in [0.5, 0.6) is 0 Å². The SMILES string of the molecule is CC1=Cc2c(ccc(C(C)C)c2-c2ccccc2C(C)C)[CH]1[Zr]([Cl])([Cl])[c]1cccc2c1[SiH2]c1ccccc1-2. The van der Waals surface area contributed by atoms with E-state index in [0.717, 1.165) is 0 Å². The third kappa shape index (κ3) is 4.19. The summed E-state index contributed by atoms with van der Waals surface area (Å²) in [7, 11) is 14.9. The Morgan fingerprint density at radius 2 is 1.37 bits per heavy atom. The molecule has 0 spiro atoms. The molecule has 4 aromatic carbocycles. The number of allylic oxidation sites excluding steroid dienone is 1. The summed E-state index contributed by atoms with van der Waals surface area (Å²) in [6.45, 7) is 11.4. The molecule has 1 aliphatic heterocycles. The van der Waals surface area contributed by atoms with Crippen LogP contribution in [-0.4, -0.2) is 9.52 Å². The fourth-order valence-corrected chi connectivity index (χ4v) is 23.9. The fourth-order valence-electron chi connectivity index (χ4n) is 6.73. The first kappa shape index (κ1) is 26.5. The number of benzene rings is 4. The first-order chi connectivity index (χ1) is 18.2. The Labute approximate surface area is 241 Å². The molecule has 0 aromatic heterocycles. The van der Waals surface area contributed by atoms with Crippen molar-refractivity contribution in [2.45, 2.75) is 50.1 Å². The maximum absolute atomic E-state index is 7.76. The normalized spacial score (nSPS) is 16.7. The average molecular weight is 633 g/mol. The Morgan fingerprint density at radius 1 is 0.711 bits per heavy atom. The topological polar surface area (TPSA) is 0 Å². The van der Waals surface area contributed by atoms with Crippen molar-refractivity contribution in [1.29, 1.82) is 0 Å². The van der Waals surface area contributed by atoms with Crippen LogP contribution in [-0.2, 0) is 17.9 Å². The van der Waals surface area contributed by atoms with Gasteiger partial charge in [0.05, 0.1) is 0 Å². The molecule has 4 heteroatoms. The summed E-state index contributed by atoms with van der Waals surface area (Å²) >= 11 is -3.92. The van der Waals surface area contributed by atoms with Crippen LogP contribution in [0.2, 0.25) is 0 Å². The van der Waals surface area contributed by atoms with E-state index < -0.39 is 27.4 Å². The van der Waals surface area contributed by atoms with Gasteiger partial charge in [0.15, 0.2) is 0 Å². The van der Waals surface area contributed by atoms with Gasteiger partial charge in [0.2, 0.25) is 0 Å². The van der Waals surface area contributed by atoms with Gasteiger partial charge in [-0.05, 0) is 0 Å². The minimum absolute atomic E-state index is 0.109. The second-order valence-corrected chi connectivity index (χ2v) is 27.4. The van der Waals surface area contributed by atoms with E-state index in [0.29, 0.717) is 11.8 Å². The van der Waals surface area contributed by atoms with Crippen LogP contribution in [0.4, 0.5) is 0 Å². The van der Waals surface area contributed by atoms with Crippen molar-refractivity contribution in [2.75, 3.05) is 0 Å². The van der Waals surface area contributed by atoms with Gasteiger partial charge < -0.3 is 0 Å². The van der Waals surface area contributed by atoms with Crippen LogP contribution >= 0.6 is 17.0 Å². The van der Waals surface area contributed by atoms with E-state index in [1.54, 1.807) is 0 Å². The monoisotopic (exact) mass is 630 g/mol. The number of fused-ring (bicyclic) bond motifs is 4. The summed E-state index contributed by atoms with van der Waals surface area (Å²) in [6, 6.07) is 29.2. The summed E-state index contributed by atoms with van der Waals surface area (Å²) in [5, 5.41) is 3.00. The van der Waals surface area contributed by atoms with Gasteiger partial charge in [0, 0.05) is 0 Å². The van der Waals surface area contributed by atoms with Gasteiger partial charge in [-0.15, -0.1) is 0 Å². The first-order valence-electron chi connectivity index (χ1n) is 13.7. The quantitative estimate of drug-likeness (QED) is 0.173. The molecular formula is C34H34Cl2SiZr. The third-order valence-corrected chi connectivity index (χ3v) is 23.1. The maximum atomic E-state index is 7.76. The Morgan fingerprint density at radius 3 is 2.11 bits per heavy atom. The van der Waals surface area contributed by atoms with Crippen molar-refractivity contribution >= 4 is 46.3 Å². The molecule has 1 aliphatic carbocycles. The zero-order chi connectivity index (χ0) is 26.8. The molecule has 38 heavy (non-hydrogen) atoms. The van der Waals surface area contributed by atoms with Crippen LogP contribution in [0.3, 0.4) is 0 Å². The number of hydrogen-bond donors (Lipinski definition) is 0. The van der Waals surface area contributed by atoms with Gasteiger partial charge in [-0.2, -0.15) is 0 Å². The first-order valence-corrected chi connectivity index (χ1v) is 24.1. The summed E-state index contributed by atoms with van der Waals surface area (Å²) < 4.78 is 1.41. The second-order valence-electron chi connectivity index (χ2n) is 11.5. The summed E-state index contributed by atoms with van der Waals surface area (Å²) in [5.74, 6) is 0.868. The molecule has 0 radical (unpaired) electrons. The van der Waals surface area contributed by atoms with Crippen LogP contribution < -0.4 is 13.6 Å². The van der Waals surface area contributed by atoms with E-state index in [1.165, 1.54) is 63.7 Å². The molecule has 0 bridgehead atoms. The molecule has 1 atom stereocenters. The number of hydrogen-bond acceptors (Lipinski definition) is 0. The van der Waals surface area contributed by atoms with Crippen LogP contribution in [0.15, 0.2) is 84.4 Å². The predicted octanol–water partition coefficient (Wildman–Crippen LogP) is 7.95. The van der Waals surface area contributed by atoms with Gasteiger partial charge in [-0.25, -0.2) is 0 Å². The Balaban J connectivity index is 1.54. The third-order valence-electron chi connectivity index (χ3n) is 8.50. The average Bonchev–Trinajstić information content (AvgIpc) is 3.45. The molecule has 1 unspecified atom stereocenters. The van der Waals surface area contributed by atoms with Crippen molar-refractivity contribution in [3.63, 3.8) is 0 Å². The van der Waals surface area contributed by atoms with Crippen molar-refractivity contribution in [1.82, 2.24) is 0 Å². The van der Waals surface area contributed by atoms with Gasteiger partial charge in [0.25, 0.3) is 0 Å². The molecule has 2 aliphatic rings. The molecule has 192 valence electrons.